The first-order valence-corrected chi connectivity index (χ1v) is 8.22. The number of aromatic hydroxyl groups is 1. The van der Waals surface area contributed by atoms with Crippen LogP contribution in [0.1, 0.15) is 30.3 Å². The van der Waals surface area contributed by atoms with E-state index in [1.54, 1.807) is 18.1 Å². The summed E-state index contributed by atoms with van der Waals surface area (Å²) in [5.74, 6) is 0.262. The van der Waals surface area contributed by atoms with Crippen LogP contribution in [0, 0.1) is 11.8 Å². The average molecular weight is 333 g/mol. The Morgan fingerprint density at radius 3 is 2.67 bits per heavy atom. The van der Waals surface area contributed by atoms with Crippen molar-refractivity contribution in [3.63, 3.8) is 0 Å². The second kappa shape index (κ2) is 6.76. The lowest BCUT2D eigenvalue weighted by molar-refractivity contribution is -0.121. The van der Waals surface area contributed by atoms with Crippen LogP contribution in [0.2, 0.25) is 0 Å². The molecule has 4 atom stereocenters. The minimum Gasteiger partial charge on any atom is -0.505 e. The third kappa shape index (κ3) is 3.21. The van der Waals surface area contributed by atoms with E-state index in [0.29, 0.717) is 24.9 Å². The van der Waals surface area contributed by atoms with Gasteiger partial charge in [-0.1, -0.05) is 0 Å². The van der Waals surface area contributed by atoms with Crippen molar-refractivity contribution in [2.24, 2.45) is 11.8 Å². The highest BCUT2D eigenvalue weighted by atomic mass is 16.5. The van der Waals surface area contributed by atoms with Crippen LogP contribution in [0.25, 0.3) is 0 Å². The second-order valence-electron chi connectivity index (χ2n) is 6.65. The fourth-order valence-corrected chi connectivity index (χ4v) is 3.96. The molecule has 1 saturated carbocycles. The van der Waals surface area contributed by atoms with Gasteiger partial charge in [-0.2, -0.15) is 0 Å². The molecule has 1 aliphatic carbocycles. The number of fused-ring (bicyclic) bond motifs is 1. The quantitative estimate of drug-likeness (QED) is 0.853. The Kier molecular flexibility index (Phi) is 4.71. The predicted octanol–water partition coefficient (Wildman–Crippen LogP) is 0.789. The first kappa shape index (κ1) is 16.7. The largest absolute Gasteiger partial charge is 0.505 e. The lowest BCUT2D eigenvalue weighted by Gasteiger charge is -2.37. The van der Waals surface area contributed by atoms with Gasteiger partial charge in [-0.25, -0.2) is 4.98 Å². The number of nitrogens with one attached hydrogen (secondary N) is 1. The maximum absolute atomic E-state index is 12.6. The molecular formula is C17H23N3O4. The monoisotopic (exact) mass is 333 g/mol. The molecule has 2 aliphatic rings. The number of hydrogen-bond acceptors (Lipinski definition) is 5. The molecule has 2 N–H and O–H groups in total. The fraction of sp³-hybridized carbons (Fsp3) is 0.588. The summed E-state index contributed by atoms with van der Waals surface area (Å²) in [4.78, 5) is 29.8. The molecule has 1 aromatic rings. The minimum absolute atomic E-state index is 0.0212. The van der Waals surface area contributed by atoms with Gasteiger partial charge in [0.2, 0.25) is 5.91 Å². The van der Waals surface area contributed by atoms with Crippen molar-refractivity contribution in [1.82, 2.24) is 15.2 Å². The SMILES string of the molecule is CO[C@@H]1C[C@H]2CN(C(=O)c3ncccc3O)C[C@H]2C[C@H]1NC(C)=O. The number of nitrogens with zero attached hydrogens (tertiary/aromatic N) is 2. The van der Waals surface area contributed by atoms with E-state index in [4.69, 9.17) is 4.74 Å². The molecule has 0 aromatic carbocycles. The van der Waals surface area contributed by atoms with Gasteiger partial charge in [-0.3, -0.25) is 9.59 Å². The maximum atomic E-state index is 12.6. The molecule has 7 heteroatoms. The Morgan fingerprint density at radius 2 is 2.04 bits per heavy atom. The summed E-state index contributed by atoms with van der Waals surface area (Å²) in [5, 5.41) is 12.8. The van der Waals surface area contributed by atoms with Gasteiger partial charge in [0.25, 0.3) is 5.91 Å². The highest BCUT2D eigenvalue weighted by molar-refractivity contribution is 5.95. The van der Waals surface area contributed by atoms with Gasteiger partial charge >= 0.3 is 0 Å². The van der Waals surface area contributed by atoms with Crippen molar-refractivity contribution < 1.29 is 19.4 Å². The number of aromatic nitrogens is 1. The Hall–Kier alpha value is -2.15. The number of carbonyl (C=O) groups excluding carboxylic acids is 2. The average Bonchev–Trinajstić information content (AvgIpc) is 2.96. The van der Waals surface area contributed by atoms with Crippen LogP contribution in [0.4, 0.5) is 0 Å². The maximum Gasteiger partial charge on any atom is 0.276 e. The zero-order valence-corrected chi connectivity index (χ0v) is 13.9. The lowest BCUT2D eigenvalue weighted by Crippen LogP contribution is -2.49. The normalized spacial score (nSPS) is 29.2. The molecule has 3 rings (SSSR count). The highest BCUT2D eigenvalue weighted by Gasteiger charge is 2.44. The van der Waals surface area contributed by atoms with Gasteiger partial charge in [-0.15, -0.1) is 0 Å². The van der Waals surface area contributed by atoms with E-state index in [1.807, 2.05) is 0 Å². The standard InChI is InChI=1S/C17H23N3O4/c1-10(21)19-13-6-11-8-20(9-12(11)7-15(13)24-2)17(23)16-14(22)4-3-5-18-16/h3-5,11-13,15,22H,6-9H2,1-2H3,(H,19,21)/t11-,12+,13-,15-/m1/s1. The fourth-order valence-electron chi connectivity index (χ4n) is 3.96. The van der Waals surface area contributed by atoms with Gasteiger partial charge in [0.1, 0.15) is 5.75 Å². The van der Waals surface area contributed by atoms with E-state index in [-0.39, 0.29) is 35.4 Å². The molecule has 24 heavy (non-hydrogen) atoms. The van der Waals surface area contributed by atoms with Crippen LogP contribution in [0.3, 0.4) is 0 Å². The van der Waals surface area contributed by atoms with Crippen LogP contribution < -0.4 is 5.32 Å². The van der Waals surface area contributed by atoms with E-state index in [2.05, 4.69) is 10.3 Å². The van der Waals surface area contributed by atoms with Gasteiger partial charge in [0, 0.05) is 33.3 Å². The Morgan fingerprint density at radius 1 is 1.33 bits per heavy atom. The van der Waals surface area contributed by atoms with Crippen molar-refractivity contribution in [2.75, 3.05) is 20.2 Å². The van der Waals surface area contributed by atoms with Crippen LogP contribution in [0.15, 0.2) is 18.3 Å². The highest BCUT2D eigenvalue weighted by Crippen LogP contribution is 2.38. The van der Waals surface area contributed by atoms with Gasteiger partial charge < -0.3 is 20.1 Å². The Bertz CT molecular complexity index is 636. The van der Waals surface area contributed by atoms with Gasteiger partial charge in [0.05, 0.1) is 12.1 Å². The van der Waals surface area contributed by atoms with E-state index in [1.165, 1.54) is 19.2 Å². The van der Waals surface area contributed by atoms with Crippen molar-refractivity contribution in [1.29, 1.82) is 0 Å². The summed E-state index contributed by atoms with van der Waals surface area (Å²) >= 11 is 0. The van der Waals surface area contributed by atoms with Crippen molar-refractivity contribution in [3.05, 3.63) is 24.0 Å². The molecule has 130 valence electrons. The van der Waals surface area contributed by atoms with Crippen LogP contribution in [0.5, 0.6) is 5.75 Å². The second-order valence-corrected chi connectivity index (χ2v) is 6.65. The zero-order chi connectivity index (χ0) is 17.3. The van der Waals surface area contributed by atoms with Crippen molar-refractivity contribution >= 4 is 11.8 Å². The predicted molar refractivity (Wildman–Crippen MR) is 86.4 cm³/mol. The summed E-state index contributed by atoms with van der Waals surface area (Å²) in [7, 11) is 1.66. The number of pyridine rings is 1. The lowest BCUT2D eigenvalue weighted by atomic mass is 9.77. The molecule has 2 heterocycles. The number of rotatable bonds is 3. The van der Waals surface area contributed by atoms with Gasteiger partial charge in [-0.05, 0) is 36.8 Å². The third-order valence-electron chi connectivity index (χ3n) is 5.08. The number of likely N-dealkylation sites (tertiary alicyclic amines) is 1. The summed E-state index contributed by atoms with van der Waals surface area (Å²) in [6.07, 6.45) is 3.07. The minimum atomic E-state index is -0.243. The third-order valence-corrected chi connectivity index (χ3v) is 5.08. The van der Waals surface area contributed by atoms with E-state index >= 15 is 0 Å². The molecule has 7 nitrogen and oxygen atoms in total. The van der Waals surface area contributed by atoms with Crippen molar-refractivity contribution in [2.45, 2.75) is 31.9 Å². The van der Waals surface area contributed by atoms with E-state index in [0.717, 1.165) is 12.8 Å². The number of ether oxygens (including phenoxy) is 1. The molecule has 0 bridgehead atoms. The van der Waals surface area contributed by atoms with Gasteiger partial charge in [0.15, 0.2) is 5.69 Å². The smallest absolute Gasteiger partial charge is 0.276 e. The van der Waals surface area contributed by atoms with Crippen molar-refractivity contribution in [3.8, 4) is 5.75 Å². The number of methoxy groups -OCH3 is 1. The number of hydrogen-bond donors (Lipinski definition) is 2. The molecule has 0 spiro atoms. The Labute approximate surface area is 141 Å². The molecule has 1 saturated heterocycles. The zero-order valence-electron chi connectivity index (χ0n) is 13.9. The van der Waals surface area contributed by atoms with E-state index < -0.39 is 0 Å². The number of carbonyl (C=O) groups is 2. The van der Waals surface area contributed by atoms with Crippen LogP contribution >= 0.6 is 0 Å². The molecule has 1 aliphatic heterocycles. The first-order chi connectivity index (χ1) is 11.5. The first-order valence-electron chi connectivity index (χ1n) is 8.22. The summed E-state index contributed by atoms with van der Waals surface area (Å²) in [6, 6.07) is 3.04. The molecule has 0 radical (unpaired) electrons. The molecule has 2 amide bonds. The van der Waals surface area contributed by atoms with E-state index in [9.17, 15) is 14.7 Å². The molecule has 1 aromatic heterocycles. The summed E-state index contributed by atoms with van der Waals surface area (Å²) in [6.45, 7) is 2.76. The molecular weight excluding hydrogens is 310 g/mol. The summed E-state index contributed by atoms with van der Waals surface area (Å²) < 4.78 is 5.54. The molecule has 0 unspecified atom stereocenters. The number of amides is 2. The Balaban J connectivity index is 1.71. The molecule has 2 fully saturated rings. The summed E-state index contributed by atoms with van der Waals surface area (Å²) in [5.41, 5.74) is 0.0952. The van der Waals surface area contributed by atoms with Crippen LogP contribution in [-0.2, 0) is 9.53 Å². The van der Waals surface area contributed by atoms with Crippen LogP contribution in [-0.4, -0.2) is 59.1 Å². The topological polar surface area (TPSA) is 91.8 Å².